The highest BCUT2D eigenvalue weighted by Crippen LogP contribution is 2.10. The van der Waals surface area contributed by atoms with Gasteiger partial charge in [0.25, 0.3) is 0 Å². The smallest absolute Gasteiger partial charge is 0.243 e. The Hall–Kier alpha value is -1.65. The zero-order valence-corrected chi connectivity index (χ0v) is 17.7. The van der Waals surface area contributed by atoms with Crippen molar-refractivity contribution in [3.05, 3.63) is 18.5 Å². The number of rotatable bonds is 4. The van der Waals surface area contributed by atoms with Crippen LogP contribution in [0.5, 0.6) is 0 Å². The highest BCUT2D eigenvalue weighted by molar-refractivity contribution is 14.0. The normalized spacial score (nSPS) is 15.0. The Morgan fingerprint density at radius 2 is 1.84 bits per heavy atom. The molecule has 9 heteroatoms. The second-order valence-corrected chi connectivity index (χ2v) is 6.25. The lowest BCUT2D eigenvalue weighted by atomic mass is 10.3. The lowest BCUT2D eigenvalue weighted by Gasteiger charge is -2.37. The van der Waals surface area contributed by atoms with Gasteiger partial charge in [-0.15, -0.1) is 24.0 Å². The van der Waals surface area contributed by atoms with Crippen molar-refractivity contribution in [1.29, 1.82) is 0 Å². The Bertz CT molecular complexity index is 557. The average molecular weight is 461 g/mol. The van der Waals surface area contributed by atoms with Crippen LogP contribution in [0, 0.1) is 0 Å². The number of anilines is 1. The molecule has 0 bridgehead atoms. The monoisotopic (exact) mass is 461 g/mol. The predicted octanol–water partition coefficient (Wildman–Crippen LogP) is 0.659. The lowest BCUT2D eigenvalue weighted by molar-refractivity contribution is -0.127. The molecular formula is C16H28IN7O. The third kappa shape index (κ3) is 6.63. The maximum absolute atomic E-state index is 11.8. The molecule has 0 radical (unpaired) electrons. The van der Waals surface area contributed by atoms with Crippen molar-refractivity contribution >= 4 is 41.8 Å². The van der Waals surface area contributed by atoms with Crippen LogP contribution >= 0.6 is 24.0 Å². The van der Waals surface area contributed by atoms with E-state index in [2.05, 4.69) is 43.9 Å². The first-order chi connectivity index (χ1) is 11.5. The van der Waals surface area contributed by atoms with E-state index >= 15 is 0 Å². The first-order valence-corrected chi connectivity index (χ1v) is 8.25. The van der Waals surface area contributed by atoms with Crippen LogP contribution in [-0.2, 0) is 4.79 Å². The average Bonchev–Trinajstić information content (AvgIpc) is 2.59. The molecule has 1 amide bonds. The number of carbonyl (C=O) groups excluding carboxylic acids is 1. The van der Waals surface area contributed by atoms with Crippen LogP contribution in [0.3, 0.4) is 0 Å². The Kier molecular flexibility index (Phi) is 8.87. The standard InChI is InChI=1S/C16H27N7O.HI/c1-13(2)20-16(19-12-14(24)21(3)4)23-10-8-22(9-11-23)15-17-6-5-7-18-15;/h5-7,13H,8-12H2,1-4H3,(H,19,20);1H. The number of amides is 1. The molecule has 1 N–H and O–H groups in total. The van der Waals surface area contributed by atoms with Gasteiger partial charge in [0.1, 0.15) is 6.54 Å². The summed E-state index contributed by atoms with van der Waals surface area (Å²) in [7, 11) is 3.48. The lowest BCUT2D eigenvalue weighted by Crippen LogP contribution is -2.54. The summed E-state index contributed by atoms with van der Waals surface area (Å²) in [6.07, 6.45) is 3.52. The summed E-state index contributed by atoms with van der Waals surface area (Å²) >= 11 is 0. The van der Waals surface area contributed by atoms with Gasteiger partial charge in [-0.2, -0.15) is 0 Å². The minimum Gasteiger partial charge on any atom is -0.354 e. The summed E-state index contributed by atoms with van der Waals surface area (Å²) < 4.78 is 0. The van der Waals surface area contributed by atoms with Crippen molar-refractivity contribution in [3.63, 3.8) is 0 Å². The van der Waals surface area contributed by atoms with Crippen molar-refractivity contribution in [1.82, 2.24) is 25.1 Å². The molecule has 0 spiro atoms. The van der Waals surface area contributed by atoms with E-state index in [-0.39, 0.29) is 42.5 Å². The van der Waals surface area contributed by atoms with Crippen LogP contribution in [0.4, 0.5) is 5.95 Å². The predicted molar refractivity (Wildman–Crippen MR) is 111 cm³/mol. The van der Waals surface area contributed by atoms with E-state index in [0.717, 1.165) is 38.1 Å². The molecule has 0 saturated carbocycles. The maximum Gasteiger partial charge on any atom is 0.243 e. The zero-order valence-electron chi connectivity index (χ0n) is 15.3. The van der Waals surface area contributed by atoms with Crippen LogP contribution in [0.15, 0.2) is 23.5 Å². The van der Waals surface area contributed by atoms with Crippen molar-refractivity contribution in [2.75, 3.05) is 51.7 Å². The first kappa shape index (κ1) is 21.4. The molecule has 1 aliphatic heterocycles. The van der Waals surface area contributed by atoms with E-state index in [1.54, 1.807) is 31.4 Å². The maximum atomic E-state index is 11.8. The van der Waals surface area contributed by atoms with Gasteiger partial charge >= 0.3 is 0 Å². The number of hydrogen-bond donors (Lipinski definition) is 1. The summed E-state index contributed by atoms with van der Waals surface area (Å²) in [4.78, 5) is 30.8. The van der Waals surface area contributed by atoms with Gasteiger partial charge in [-0.3, -0.25) is 4.79 Å². The molecule has 25 heavy (non-hydrogen) atoms. The summed E-state index contributed by atoms with van der Waals surface area (Å²) in [5, 5.41) is 3.35. The molecule has 2 heterocycles. The van der Waals surface area contributed by atoms with Crippen LogP contribution < -0.4 is 10.2 Å². The van der Waals surface area contributed by atoms with Crippen molar-refractivity contribution in [2.45, 2.75) is 19.9 Å². The second-order valence-electron chi connectivity index (χ2n) is 6.25. The number of guanidine groups is 1. The molecule has 1 aromatic heterocycles. The van der Waals surface area contributed by atoms with Crippen molar-refractivity contribution < 1.29 is 4.79 Å². The largest absolute Gasteiger partial charge is 0.354 e. The molecule has 0 unspecified atom stereocenters. The van der Waals surface area contributed by atoms with Gasteiger partial charge in [-0.05, 0) is 19.9 Å². The van der Waals surface area contributed by atoms with Gasteiger partial charge < -0.3 is 20.0 Å². The van der Waals surface area contributed by atoms with Gasteiger partial charge in [0.2, 0.25) is 11.9 Å². The van der Waals surface area contributed by atoms with Gasteiger partial charge in [-0.1, -0.05) is 0 Å². The van der Waals surface area contributed by atoms with E-state index in [9.17, 15) is 4.79 Å². The molecule has 8 nitrogen and oxygen atoms in total. The van der Waals surface area contributed by atoms with Gasteiger partial charge in [-0.25, -0.2) is 15.0 Å². The van der Waals surface area contributed by atoms with Gasteiger partial charge in [0.05, 0.1) is 0 Å². The van der Waals surface area contributed by atoms with Gasteiger partial charge in [0, 0.05) is 58.7 Å². The molecule has 0 aromatic carbocycles. The summed E-state index contributed by atoms with van der Waals surface area (Å²) in [6.45, 7) is 7.56. The van der Waals surface area contributed by atoms with Crippen LogP contribution in [0.1, 0.15) is 13.8 Å². The van der Waals surface area contributed by atoms with E-state index in [1.807, 2.05) is 6.07 Å². The minimum absolute atomic E-state index is 0. The highest BCUT2D eigenvalue weighted by atomic mass is 127. The molecule has 2 rings (SSSR count). The molecule has 0 aliphatic carbocycles. The van der Waals surface area contributed by atoms with Crippen LogP contribution in [0.2, 0.25) is 0 Å². The topological polar surface area (TPSA) is 77.0 Å². The van der Waals surface area contributed by atoms with Gasteiger partial charge in [0.15, 0.2) is 5.96 Å². The fraction of sp³-hybridized carbons (Fsp3) is 0.625. The quantitative estimate of drug-likeness (QED) is 0.404. The third-order valence-corrected chi connectivity index (χ3v) is 3.69. The number of carbonyl (C=O) groups is 1. The fourth-order valence-electron chi connectivity index (χ4n) is 2.35. The molecule has 1 fully saturated rings. The number of nitrogens with zero attached hydrogens (tertiary/aromatic N) is 6. The molecule has 0 atom stereocenters. The van der Waals surface area contributed by atoms with Crippen molar-refractivity contribution in [3.8, 4) is 0 Å². The molecule has 1 saturated heterocycles. The number of nitrogens with one attached hydrogen (secondary N) is 1. The summed E-state index contributed by atoms with van der Waals surface area (Å²) in [5.74, 6) is 1.54. The Balaban J connectivity index is 0.00000312. The number of aliphatic imine (C=N–C) groups is 1. The van der Waals surface area contributed by atoms with E-state index < -0.39 is 0 Å². The second kappa shape index (κ2) is 10.4. The summed E-state index contributed by atoms with van der Waals surface area (Å²) in [6, 6.07) is 2.08. The SMILES string of the molecule is CC(C)NC(=NCC(=O)N(C)C)N1CCN(c2ncccn2)CC1.I. The van der Waals surface area contributed by atoms with Crippen LogP contribution in [0.25, 0.3) is 0 Å². The first-order valence-electron chi connectivity index (χ1n) is 8.25. The molecular weight excluding hydrogens is 433 g/mol. The molecule has 1 aromatic rings. The van der Waals surface area contributed by atoms with Crippen molar-refractivity contribution in [2.24, 2.45) is 4.99 Å². The highest BCUT2D eigenvalue weighted by Gasteiger charge is 2.22. The molecule has 140 valence electrons. The Morgan fingerprint density at radius 3 is 2.36 bits per heavy atom. The number of aromatic nitrogens is 2. The van der Waals surface area contributed by atoms with E-state index in [1.165, 1.54) is 0 Å². The Labute approximate surface area is 166 Å². The molecule has 1 aliphatic rings. The minimum atomic E-state index is -0.00521. The third-order valence-electron chi connectivity index (χ3n) is 3.69. The Morgan fingerprint density at radius 1 is 1.24 bits per heavy atom. The fourth-order valence-corrected chi connectivity index (χ4v) is 2.35. The number of hydrogen-bond acceptors (Lipinski definition) is 5. The number of likely N-dealkylation sites (N-methyl/N-ethyl adjacent to an activating group) is 1. The summed E-state index contributed by atoms with van der Waals surface area (Å²) in [5.41, 5.74) is 0. The van der Waals surface area contributed by atoms with E-state index in [0.29, 0.717) is 0 Å². The van der Waals surface area contributed by atoms with E-state index in [4.69, 9.17) is 0 Å². The zero-order chi connectivity index (χ0) is 17.5. The number of halogens is 1. The van der Waals surface area contributed by atoms with Crippen LogP contribution in [-0.4, -0.2) is 84.5 Å². The number of piperazine rings is 1.